The number of fused-ring (bicyclic) bond motifs is 1. The number of alkyl halides is 3. The van der Waals surface area contributed by atoms with Gasteiger partial charge in [0.1, 0.15) is 5.75 Å². The molecule has 1 heterocycles. The van der Waals surface area contributed by atoms with Gasteiger partial charge in [-0.05, 0) is 49.1 Å². The average Bonchev–Trinajstić information content (AvgIpc) is 3.01. The summed E-state index contributed by atoms with van der Waals surface area (Å²) in [7, 11) is 0. The van der Waals surface area contributed by atoms with Crippen LogP contribution in [0.1, 0.15) is 31.2 Å². The number of aryl methyl sites for hydroxylation is 2. The fourth-order valence-electron chi connectivity index (χ4n) is 2.90. The van der Waals surface area contributed by atoms with Crippen LogP contribution in [0, 0.1) is 0 Å². The molecule has 0 unspecified atom stereocenters. The Bertz CT molecular complexity index is 854. The number of rotatable bonds is 7. The van der Waals surface area contributed by atoms with Crippen molar-refractivity contribution < 1.29 is 17.9 Å². The molecule has 0 spiro atoms. The van der Waals surface area contributed by atoms with Gasteiger partial charge in [0.15, 0.2) is 0 Å². The van der Waals surface area contributed by atoms with Crippen molar-refractivity contribution >= 4 is 11.0 Å². The van der Waals surface area contributed by atoms with Crippen LogP contribution in [0.5, 0.6) is 5.75 Å². The maximum Gasteiger partial charge on any atom is 0.449 e. The third kappa shape index (κ3) is 4.18. The van der Waals surface area contributed by atoms with Crippen molar-refractivity contribution in [1.82, 2.24) is 9.55 Å². The summed E-state index contributed by atoms with van der Waals surface area (Å²) in [6.07, 6.45) is -2.24. The highest BCUT2D eigenvalue weighted by molar-refractivity contribution is 5.76. The maximum absolute atomic E-state index is 13.2. The fraction of sp³-hybridized carbons (Fsp3) is 0.350. The standard InChI is InChI=1S/C20H21F3N2O/c1-2-15-9-11-16(12-10-15)26-14-6-5-13-25-18-8-4-3-7-17(18)24-19(25)20(21,22)23/h3-4,7-12H,2,5-6,13-14H2,1H3. The highest BCUT2D eigenvalue weighted by Gasteiger charge is 2.37. The molecule has 0 fully saturated rings. The minimum Gasteiger partial charge on any atom is -0.494 e. The second-order valence-corrected chi connectivity index (χ2v) is 6.13. The van der Waals surface area contributed by atoms with E-state index in [1.54, 1.807) is 24.3 Å². The zero-order valence-electron chi connectivity index (χ0n) is 14.6. The van der Waals surface area contributed by atoms with E-state index in [-0.39, 0.29) is 6.54 Å². The molecule has 3 aromatic rings. The lowest BCUT2D eigenvalue weighted by molar-refractivity contribution is -0.147. The van der Waals surface area contributed by atoms with Gasteiger partial charge in [-0.15, -0.1) is 0 Å². The van der Waals surface area contributed by atoms with Crippen LogP contribution in [0.2, 0.25) is 0 Å². The molecule has 138 valence electrons. The Labute approximate surface area is 150 Å². The van der Waals surface area contributed by atoms with Crippen LogP contribution >= 0.6 is 0 Å². The van der Waals surface area contributed by atoms with Crippen molar-refractivity contribution in [2.45, 2.75) is 38.9 Å². The third-order valence-corrected chi connectivity index (χ3v) is 4.28. The van der Waals surface area contributed by atoms with Crippen molar-refractivity contribution in [3.8, 4) is 5.75 Å². The number of unbranched alkanes of at least 4 members (excludes halogenated alkanes) is 1. The summed E-state index contributed by atoms with van der Waals surface area (Å²) >= 11 is 0. The predicted octanol–water partition coefficient (Wildman–Crippen LogP) is 5.48. The zero-order chi connectivity index (χ0) is 18.6. The van der Waals surface area contributed by atoms with Crippen molar-refractivity contribution in [1.29, 1.82) is 0 Å². The first-order valence-electron chi connectivity index (χ1n) is 8.73. The largest absolute Gasteiger partial charge is 0.494 e. The summed E-state index contributed by atoms with van der Waals surface area (Å²) in [5.41, 5.74) is 2.12. The topological polar surface area (TPSA) is 27.1 Å². The molecule has 1 aromatic heterocycles. The lowest BCUT2D eigenvalue weighted by atomic mass is 10.2. The highest BCUT2D eigenvalue weighted by atomic mass is 19.4. The van der Waals surface area contributed by atoms with Gasteiger partial charge in [-0.3, -0.25) is 0 Å². The van der Waals surface area contributed by atoms with Crippen LogP contribution in [-0.4, -0.2) is 16.2 Å². The molecule has 0 atom stereocenters. The zero-order valence-corrected chi connectivity index (χ0v) is 14.6. The van der Waals surface area contributed by atoms with E-state index in [0.29, 0.717) is 30.5 Å². The first-order valence-corrected chi connectivity index (χ1v) is 8.73. The number of benzene rings is 2. The van der Waals surface area contributed by atoms with E-state index in [1.165, 1.54) is 10.1 Å². The van der Waals surface area contributed by atoms with Crippen LogP contribution in [0.25, 0.3) is 11.0 Å². The summed E-state index contributed by atoms with van der Waals surface area (Å²) in [6, 6.07) is 14.6. The van der Waals surface area contributed by atoms with Gasteiger partial charge in [-0.2, -0.15) is 13.2 Å². The second-order valence-electron chi connectivity index (χ2n) is 6.13. The first kappa shape index (κ1) is 18.3. The molecule has 0 amide bonds. The molecule has 0 aliphatic rings. The molecular formula is C20H21F3N2O. The van der Waals surface area contributed by atoms with Gasteiger partial charge in [0, 0.05) is 6.54 Å². The van der Waals surface area contributed by atoms with E-state index in [1.807, 2.05) is 24.3 Å². The van der Waals surface area contributed by atoms with Gasteiger partial charge >= 0.3 is 6.18 Å². The van der Waals surface area contributed by atoms with Gasteiger partial charge in [0.25, 0.3) is 0 Å². The summed E-state index contributed by atoms with van der Waals surface area (Å²) in [4.78, 5) is 3.75. The maximum atomic E-state index is 13.2. The lowest BCUT2D eigenvalue weighted by Gasteiger charge is -2.12. The minimum atomic E-state index is -4.46. The first-order chi connectivity index (χ1) is 12.5. The molecule has 0 saturated heterocycles. The minimum absolute atomic E-state index is 0.257. The molecule has 3 nitrogen and oxygen atoms in total. The predicted molar refractivity (Wildman–Crippen MR) is 95.3 cm³/mol. The lowest BCUT2D eigenvalue weighted by Crippen LogP contribution is -2.15. The number of halogens is 3. The van der Waals surface area contributed by atoms with Gasteiger partial charge in [-0.1, -0.05) is 31.2 Å². The van der Waals surface area contributed by atoms with E-state index in [0.717, 1.165) is 12.2 Å². The van der Waals surface area contributed by atoms with Crippen LogP contribution < -0.4 is 4.74 Å². The van der Waals surface area contributed by atoms with Gasteiger partial charge in [0.05, 0.1) is 17.6 Å². The molecule has 0 aliphatic heterocycles. The monoisotopic (exact) mass is 362 g/mol. The van der Waals surface area contributed by atoms with E-state index >= 15 is 0 Å². The summed E-state index contributed by atoms with van der Waals surface area (Å²) < 4.78 is 46.6. The molecule has 3 rings (SSSR count). The number of para-hydroxylation sites is 2. The molecule has 0 aliphatic carbocycles. The Balaban J connectivity index is 1.59. The average molecular weight is 362 g/mol. The number of nitrogens with zero attached hydrogens (tertiary/aromatic N) is 2. The van der Waals surface area contributed by atoms with Gasteiger partial charge in [-0.25, -0.2) is 4.98 Å². The summed E-state index contributed by atoms with van der Waals surface area (Å²) in [5, 5.41) is 0. The van der Waals surface area contributed by atoms with Crippen molar-refractivity contribution in [2.24, 2.45) is 0 Å². The number of aromatic nitrogens is 2. The van der Waals surface area contributed by atoms with Crippen molar-refractivity contribution in [3.63, 3.8) is 0 Å². The smallest absolute Gasteiger partial charge is 0.449 e. The summed E-state index contributed by atoms with van der Waals surface area (Å²) in [6.45, 7) is 2.82. The summed E-state index contributed by atoms with van der Waals surface area (Å²) in [5.74, 6) is -0.0546. The Kier molecular flexibility index (Phi) is 5.49. The van der Waals surface area contributed by atoms with Crippen molar-refractivity contribution in [3.05, 3.63) is 59.9 Å². The number of hydrogen-bond donors (Lipinski definition) is 0. The van der Waals surface area contributed by atoms with Gasteiger partial charge < -0.3 is 9.30 Å². The Morgan fingerprint density at radius 2 is 1.73 bits per heavy atom. The molecule has 2 aromatic carbocycles. The normalized spacial score (nSPS) is 11.8. The van der Waals surface area contributed by atoms with Crippen LogP contribution in [0.15, 0.2) is 48.5 Å². The van der Waals surface area contributed by atoms with Crippen LogP contribution in [-0.2, 0) is 19.1 Å². The van der Waals surface area contributed by atoms with Crippen LogP contribution in [0.3, 0.4) is 0 Å². The number of hydrogen-bond acceptors (Lipinski definition) is 2. The molecule has 6 heteroatoms. The molecule has 26 heavy (non-hydrogen) atoms. The molecule has 0 N–H and O–H groups in total. The second kappa shape index (κ2) is 7.81. The third-order valence-electron chi connectivity index (χ3n) is 4.28. The SMILES string of the molecule is CCc1ccc(OCCCCn2c(C(F)(F)F)nc3ccccc32)cc1. The van der Waals surface area contributed by atoms with Gasteiger partial charge in [0.2, 0.25) is 5.82 Å². The van der Waals surface area contributed by atoms with E-state index in [4.69, 9.17) is 4.74 Å². The highest BCUT2D eigenvalue weighted by Crippen LogP contribution is 2.31. The fourth-order valence-corrected chi connectivity index (χ4v) is 2.90. The van der Waals surface area contributed by atoms with Crippen LogP contribution in [0.4, 0.5) is 13.2 Å². The molecule has 0 saturated carbocycles. The van der Waals surface area contributed by atoms with Crippen molar-refractivity contribution in [2.75, 3.05) is 6.61 Å². The number of imidazole rings is 1. The quantitative estimate of drug-likeness (QED) is 0.521. The number of ether oxygens (including phenoxy) is 1. The Morgan fingerprint density at radius 1 is 1.00 bits per heavy atom. The Hall–Kier alpha value is -2.50. The van der Waals surface area contributed by atoms with E-state index in [2.05, 4.69) is 11.9 Å². The molecule has 0 radical (unpaired) electrons. The van der Waals surface area contributed by atoms with E-state index < -0.39 is 12.0 Å². The van der Waals surface area contributed by atoms with E-state index in [9.17, 15) is 13.2 Å². The molecule has 0 bridgehead atoms. The Morgan fingerprint density at radius 3 is 2.42 bits per heavy atom. The molecular weight excluding hydrogens is 341 g/mol.